The molecule has 2 aliphatic carbocycles. The highest BCUT2D eigenvalue weighted by molar-refractivity contribution is 7.93. The van der Waals surface area contributed by atoms with Crippen molar-refractivity contribution in [3.05, 3.63) is 39.4 Å². The smallest absolute Gasteiger partial charge is 0.354 e. The molecule has 0 fully saturated rings. The highest BCUT2D eigenvalue weighted by Crippen LogP contribution is 2.38. The van der Waals surface area contributed by atoms with Crippen LogP contribution < -0.4 is 10.5 Å². The van der Waals surface area contributed by atoms with E-state index < -0.39 is 21.5 Å². The third-order valence-electron chi connectivity index (χ3n) is 5.20. The van der Waals surface area contributed by atoms with Crippen molar-refractivity contribution in [2.45, 2.75) is 55.9 Å². The van der Waals surface area contributed by atoms with Crippen LogP contribution in [-0.2, 0) is 34.8 Å². The number of anilines is 1. The van der Waals surface area contributed by atoms with E-state index in [1.807, 2.05) is 6.07 Å². The molecule has 0 saturated carbocycles. The zero-order chi connectivity index (χ0) is 21.0. The van der Waals surface area contributed by atoms with E-state index in [1.165, 1.54) is 6.20 Å². The third kappa shape index (κ3) is 3.73. The van der Waals surface area contributed by atoms with Gasteiger partial charge in [-0.1, -0.05) is 0 Å². The minimum absolute atomic E-state index is 0.0246. The van der Waals surface area contributed by atoms with Gasteiger partial charge in [-0.05, 0) is 62.3 Å². The fraction of sp³-hybridized carbons (Fsp3) is 0.421. The highest BCUT2D eigenvalue weighted by atomic mass is 32.2. The largest absolute Gasteiger partial charge is 0.385 e. The first-order valence-electron chi connectivity index (χ1n) is 9.31. The minimum Gasteiger partial charge on any atom is -0.385 e. The summed E-state index contributed by atoms with van der Waals surface area (Å²) in [5, 5.41) is 18.6. The Morgan fingerprint density at radius 2 is 2.07 bits per heavy atom. The molecule has 4 N–H and O–H groups in total. The Kier molecular flexibility index (Phi) is 4.85. The highest BCUT2D eigenvalue weighted by Gasteiger charge is 2.29. The number of fused-ring (bicyclic) bond motifs is 2. The van der Waals surface area contributed by atoms with Crippen LogP contribution in [0.5, 0.6) is 0 Å². The summed E-state index contributed by atoms with van der Waals surface area (Å²) >= 11 is 0.956. The van der Waals surface area contributed by atoms with Gasteiger partial charge in [-0.3, -0.25) is 4.79 Å². The number of urea groups is 1. The predicted octanol–water partition coefficient (Wildman–Crippen LogP) is 2.92. The average molecular weight is 435 g/mol. The summed E-state index contributed by atoms with van der Waals surface area (Å²) in [6, 6.07) is 1.11. The summed E-state index contributed by atoms with van der Waals surface area (Å²) < 4.78 is 16.5. The monoisotopic (exact) mass is 434 g/mol. The van der Waals surface area contributed by atoms with Crippen molar-refractivity contribution in [1.29, 1.82) is 0 Å². The van der Waals surface area contributed by atoms with Crippen molar-refractivity contribution in [1.82, 2.24) is 4.98 Å². The van der Waals surface area contributed by atoms with E-state index in [4.69, 9.17) is 5.14 Å². The molecule has 8 nitrogen and oxygen atoms in total. The van der Waals surface area contributed by atoms with Gasteiger partial charge in [0.1, 0.15) is 0 Å². The summed E-state index contributed by atoms with van der Waals surface area (Å²) in [5.41, 5.74) is 3.01. The van der Waals surface area contributed by atoms with Gasteiger partial charge in [-0.15, -0.1) is 15.7 Å². The Labute approximate surface area is 172 Å². The molecule has 1 unspecified atom stereocenters. The average Bonchev–Trinajstić information content (AvgIpc) is 3.33. The van der Waals surface area contributed by atoms with Gasteiger partial charge < -0.3 is 10.4 Å². The van der Waals surface area contributed by atoms with Crippen molar-refractivity contribution in [2.24, 2.45) is 9.50 Å². The molecular weight excluding hydrogens is 412 g/mol. The Hall–Kier alpha value is -2.14. The number of aryl methyl sites for hydroxylation is 1. The topological polar surface area (TPSA) is 135 Å². The molecule has 1 heterocycles. The number of rotatable bonds is 3. The number of carbonyl (C=O) groups is 2. The van der Waals surface area contributed by atoms with Crippen molar-refractivity contribution < 1.29 is 18.9 Å². The maximum absolute atomic E-state index is 12.8. The van der Waals surface area contributed by atoms with Crippen LogP contribution in [0.25, 0.3) is 0 Å². The first-order chi connectivity index (χ1) is 13.6. The van der Waals surface area contributed by atoms with Crippen LogP contribution in [0.1, 0.15) is 58.6 Å². The lowest BCUT2D eigenvalue weighted by molar-refractivity contribution is 0.0823. The number of hydrogen-bond acceptors (Lipinski definition) is 6. The number of ketones is 1. The molecule has 2 aliphatic rings. The number of thiazole rings is 1. The Morgan fingerprint density at radius 3 is 2.76 bits per heavy atom. The number of aliphatic hydroxyl groups is 1. The normalized spacial score (nSPS) is 17.6. The van der Waals surface area contributed by atoms with Crippen LogP contribution in [0, 0.1) is 0 Å². The number of aromatic nitrogens is 1. The second-order valence-electron chi connectivity index (χ2n) is 7.83. The number of nitrogens with one attached hydrogen (secondary N) is 1. The van der Waals surface area contributed by atoms with E-state index >= 15 is 0 Å². The second-order valence-corrected chi connectivity index (χ2v) is 10.8. The van der Waals surface area contributed by atoms with E-state index in [0.29, 0.717) is 29.0 Å². The molecule has 0 aliphatic heterocycles. The molecule has 1 aromatic heterocycles. The Balaban J connectivity index is 1.67. The number of benzene rings is 1. The van der Waals surface area contributed by atoms with E-state index in [9.17, 15) is 18.9 Å². The molecule has 2 aromatic rings. The van der Waals surface area contributed by atoms with Gasteiger partial charge in [0.15, 0.2) is 15.7 Å². The molecule has 4 rings (SSSR count). The fourth-order valence-electron chi connectivity index (χ4n) is 3.79. The number of carbonyl (C=O) groups excluding carboxylic acids is 2. The lowest BCUT2D eigenvalue weighted by Gasteiger charge is -2.14. The van der Waals surface area contributed by atoms with Crippen molar-refractivity contribution in [2.75, 3.05) is 5.32 Å². The molecular formula is C19H22N4O4S2. The van der Waals surface area contributed by atoms with Gasteiger partial charge in [0.25, 0.3) is 0 Å². The second kappa shape index (κ2) is 6.98. The number of Topliss-reactive ketones (excluding diaryl/α,β-unsaturated/α-hetero) is 1. The maximum atomic E-state index is 12.8. The van der Waals surface area contributed by atoms with Crippen LogP contribution >= 0.6 is 11.3 Å². The molecule has 29 heavy (non-hydrogen) atoms. The van der Waals surface area contributed by atoms with Crippen molar-refractivity contribution in [3.8, 4) is 0 Å². The van der Waals surface area contributed by atoms with Crippen molar-refractivity contribution in [3.63, 3.8) is 0 Å². The Morgan fingerprint density at radius 1 is 1.31 bits per heavy atom. The van der Waals surface area contributed by atoms with Gasteiger partial charge in [-0.2, -0.15) is 0 Å². The zero-order valence-corrected chi connectivity index (χ0v) is 17.8. The first kappa shape index (κ1) is 20.1. The molecule has 1 atom stereocenters. The van der Waals surface area contributed by atoms with Gasteiger partial charge >= 0.3 is 6.03 Å². The maximum Gasteiger partial charge on any atom is 0.354 e. The predicted molar refractivity (Wildman–Crippen MR) is 111 cm³/mol. The van der Waals surface area contributed by atoms with Crippen LogP contribution in [0.2, 0.25) is 0 Å². The minimum atomic E-state index is -3.57. The first-order valence-corrected chi connectivity index (χ1v) is 11.7. The molecule has 0 bridgehead atoms. The lowest BCUT2D eigenvalue weighted by Crippen LogP contribution is -2.19. The van der Waals surface area contributed by atoms with Gasteiger partial charge in [0.2, 0.25) is 4.34 Å². The molecule has 2 amide bonds. The number of nitrogens with two attached hydrogens (primary N) is 1. The fourth-order valence-corrected chi connectivity index (χ4v) is 5.87. The van der Waals surface area contributed by atoms with E-state index in [2.05, 4.69) is 14.7 Å². The molecule has 1 aromatic carbocycles. The number of amides is 2. The summed E-state index contributed by atoms with van der Waals surface area (Å²) in [6.45, 7) is 3.15. The molecule has 10 heteroatoms. The molecule has 0 radical (unpaired) electrons. The molecule has 0 saturated heterocycles. The Bertz CT molecular complexity index is 1150. The van der Waals surface area contributed by atoms with E-state index in [-0.39, 0.29) is 10.1 Å². The summed E-state index contributed by atoms with van der Waals surface area (Å²) in [6.07, 6.45) is 5.00. The summed E-state index contributed by atoms with van der Waals surface area (Å²) in [5.74, 6) is 0.0756. The van der Waals surface area contributed by atoms with E-state index in [0.717, 1.165) is 47.3 Å². The summed E-state index contributed by atoms with van der Waals surface area (Å²) in [4.78, 5) is 29.2. The standard InChI is InChI=1S/C19H22N4O4S2/c1-19(2,26)15-9-21-18(28-15)29(20,27)23-17(25)22-16-11-5-3-4-10(11)8-13-12(16)6-7-14(13)24/h8-9,26H,3-7H2,1-2H3,(H3,20,22,23,25,27). The third-order valence-corrected chi connectivity index (χ3v) is 8.31. The van der Waals surface area contributed by atoms with Crippen LogP contribution in [0.15, 0.2) is 21.0 Å². The van der Waals surface area contributed by atoms with Gasteiger partial charge in [-0.25, -0.2) is 19.1 Å². The number of nitrogens with zero attached hydrogens (tertiary/aromatic N) is 2. The van der Waals surface area contributed by atoms with Gasteiger partial charge in [0, 0.05) is 23.9 Å². The zero-order valence-electron chi connectivity index (χ0n) is 16.2. The van der Waals surface area contributed by atoms with Gasteiger partial charge in [0.05, 0.1) is 10.5 Å². The van der Waals surface area contributed by atoms with Crippen LogP contribution in [-0.4, -0.2) is 26.1 Å². The van der Waals surface area contributed by atoms with Crippen molar-refractivity contribution >= 4 is 38.8 Å². The number of hydrogen-bond donors (Lipinski definition) is 3. The quantitative estimate of drug-likeness (QED) is 0.683. The van der Waals surface area contributed by atoms with Crippen LogP contribution in [0.4, 0.5) is 10.5 Å². The molecule has 154 valence electrons. The lowest BCUT2D eigenvalue weighted by atomic mass is 9.98. The SMILES string of the molecule is CC(C)(O)c1cnc(S(N)(=O)=NC(=O)Nc2c3c(cc4c2CCC4=O)CCC3)s1. The van der Waals surface area contributed by atoms with E-state index in [1.54, 1.807) is 13.8 Å². The summed E-state index contributed by atoms with van der Waals surface area (Å²) in [7, 11) is -3.57. The van der Waals surface area contributed by atoms with Crippen LogP contribution in [0.3, 0.4) is 0 Å². The molecule has 0 spiro atoms.